The Kier molecular flexibility index (Phi) is 8.34. The summed E-state index contributed by atoms with van der Waals surface area (Å²) in [4.78, 5) is 14.5. The molecule has 0 fully saturated rings. The second-order valence-electron chi connectivity index (χ2n) is 8.92. The molecule has 4 rings (SSSR count). The number of methoxy groups -OCH3 is 1. The molecule has 5 heteroatoms. The van der Waals surface area contributed by atoms with Crippen molar-refractivity contribution in [1.82, 2.24) is 4.90 Å². The molecule has 0 spiro atoms. The molecule has 0 aliphatic heterocycles. The summed E-state index contributed by atoms with van der Waals surface area (Å²) in [6.07, 6.45) is 3.30. The molecule has 0 saturated heterocycles. The molecular formula is C29H33NO4. The number of rotatable bonds is 9. The van der Waals surface area contributed by atoms with Crippen LogP contribution in [0.2, 0.25) is 0 Å². The number of fused-ring (bicyclic) bond motifs is 1. The largest absolute Gasteiger partial charge is 0.491 e. The van der Waals surface area contributed by atoms with Crippen LogP contribution in [-0.4, -0.2) is 48.4 Å². The third-order valence-electron chi connectivity index (χ3n) is 6.44. The Labute approximate surface area is 201 Å². The molecule has 0 heterocycles. The van der Waals surface area contributed by atoms with Crippen LogP contribution in [0.3, 0.4) is 0 Å². The summed E-state index contributed by atoms with van der Waals surface area (Å²) in [6.45, 7) is 1.50. The van der Waals surface area contributed by atoms with Gasteiger partial charge in [-0.1, -0.05) is 54.6 Å². The van der Waals surface area contributed by atoms with Crippen molar-refractivity contribution >= 4 is 5.97 Å². The summed E-state index contributed by atoms with van der Waals surface area (Å²) in [5.74, 6) is 0.452. The molecule has 5 nitrogen and oxygen atoms in total. The molecule has 1 aliphatic rings. The number of aliphatic hydroxyl groups excluding tert-OH is 1. The maximum atomic E-state index is 12.1. The van der Waals surface area contributed by atoms with Crippen LogP contribution in [0, 0.1) is 0 Å². The summed E-state index contributed by atoms with van der Waals surface area (Å²) in [7, 11) is 1.41. The van der Waals surface area contributed by atoms with Crippen LogP contribution in [0.25, 0.3) is 0 Å². The number of hydrogen-bond acceptors (Lipinski definition) is 5. The number of aryl methyl sites for hydroxylation is 1. The number of carbonyl (C=O) groups is 1. The van der Waals surface area contributed by atoms with E-state index in [1.165, 1.54) is 23.8 Å². The van der Waals surface area contributed by atoms with Crippen molar-refractivity contribution in [3.05, 3.63) is 101 Å². The fourth-order valence-electron chi connectivity index (χ4n) is 4.69. The lowest BCUT2D eigenvalue weighted by molar-refractivity contribution is 0.0463. The quantitative estimate of drug-likeness (QED) is 0.372. The Morgan fingerprint density at radius 1 is 1.03 bits per heavy atom. The molecular weight excluding hydrogens is 426 g/mol. The zero-order chi connectivity index (χ0) is 23.8. The number of aliphatic hydroxyl groups is 1. The van der Waals surface area contributed by atoms with E-state index in [9.17, 15) is 9.90 Å². The van der Waals surface area contributed by atoms with Gasteiger partial charge in [0, 0.05) is 19.1 Å². The van der Waals surface area contributed by atoms with Gasteiger partial charge in [-0.25, -0.2) is 4.79 Å². The third kappa shape index (κ3) is 6.46. The van der Waals surface area contributed by atoms with Gasteiger partial charge in [0.05, 0.1) is 12.7 Å². The summed E-state index contributed by atoms with van der Waals surface area (Å²) < 4.78 is 10.7. The van der Waals surface area contributed by atoms with Crippen LogP contribution in [-0.2, 0) is 24.1 Å². The summed E-state index contributed by atoms with van der Waals surface area (Å²) in [5.41, 5.74) is 4.29. The zero-order valence-electron chi connectivity index (χ0n) is 19.7. The van der Waals surface area contributed by atoms with Gasteiger partial charge in [0.2, 0.25) is 0 Å². The Morgan fingerprint density at radius 2 is 1.76 bits per heavy atom. The van der Waals surface area contributed by atoms with Gasteiger partial charge in [-0.15, -0.1) is 0 Å². The van der Waals surface area contributed by atoms with Gasteiger partial charge in [-0.3, -0.25) is 4.90 Å². The highest BCUT2D eigenvalue weighted by atomic mass is 16.5. The summed E-state index contributed by atoms with van der Waals surface area (Å²) in [6, 6.07) is 26.1. The van der Waals surface area contributed by atoms with Gasteiger partial charge in [-0.05, 0) is 66.6 Å². The second kappa shape index (κ2) is 11.8. The fraction of sp³-hybridized carbons (Fsp3) is 0.345. The molecule has 2 atom stereocenters. The lowest BCUT2D eigenvalue weighted by atomic mass is 9.98. The molecule has 34 heavy (non-hydrogen) atoms. The fourth-order valence-corrected chi connectivity index (χ4v) is 4.69. The number of carbonyl (C=O) groups excluding carboxylic acids is 1. The normalized spacial score (nSPS) is 16.4. The second-order valence-corrected chi connectivity index (χ2v) is 8.92. The first-order valence-corrected chi connectivity index (χ1v) is 12.0. The Bertz CT molecular complexity index is 1050. The number of benzene rings is 3. The van der Waals surface area contributed by atoms with Gasteiger partial charge in [0.25, 0.3) is 0 Å². The van der Waals surface area contributed by atoms with Gasteiger partial charge in [0.1, 0.15) is 18.5 Å². The van der Waals surface area contributed by atoms with Crippen molar-refractivity contribution in [1.29, 1.82) is 0 Å². The van der Waals surface area contributed by atoms with E-state index in [1.807, 2.05) is 60.7 Å². The maximum absolute atomic E-state index is 12.1. The van der Waals surface area contributed by atoms with E-state index in [-0.39, 0.29) is 18.6 Å². The lowest BCUT2D eigenvalue weighted by Crippen LogP contribution is -2.42. The van der Waals surface area contributed by atoms with E-state index in [2.05, 4.69) is 23.1 Å². The minimum atomic E-state index is -0.618. The minimum absolute atomic E-state index is 0.241. The van der Waals surface area contributed by atoms with Crippen molar-refractivity contribution in [3.63, 3.8) is 0 Å². The van der Waals surface area contributed by atoms with Gasteiger partial charge in [-0.2, -0.15) is 0 Å². The van der Waals surface area contributed by atoms with Crippen LogP contribution in [0.15, 0.2) is 78.9 Å². The molecule has 1 aliphatic carbocycles. The zero-order valence-corrected chi connectivity index (χ0v) is 19.7. The van der Waals surface area contributed by atoms with Crippen molar-refractivity contribution in [3.8, 4) is 5.75 Å². The molecule has 178 valence electrons. The Hall–Kier alpha value is -3.15. The monoisotopic (exact) mass is 459 g/mol. The number of para-hydroxylation sites is 1. The standard InChI is InChI=1S/C29H33NO4/c1-33-29(32)24-16-15-23-11-8-12-26(18-25(23)17-24)30(19-22-9-4-2-5-10-22)20-27(31)21-34-28-13-6-3-7-14-28/h2-7,9-10,13-17,26-27,31H,8,11-12,18-21H2,1H3/t26?,27-/m0/s1. The van der Waals surface area contributed by atoms with Crippen LogP contribution >= 0.6 is 0 Å². The van der Waals surface area contributed by atoms with Crippen LogP contribution in [0.1, 0.15) is 39.9 Å². The van der Waals surface area contributed by atoms with Gasteiger partial charge >= 0.3 is 5.97 Å². The number of esters is 1. The van der Waals surface area contributed by atoms with Crippen molar-refractivity contribution in [2.24, 2.45) is 0 Å². The average molecular weight is 460 g/mol. The lowest BCUT2D eigenvalue weighted by Gasteiger charge is -2.33. The summed E-state index contributed by atoms with van der Waals surface area (Å²) in [5, 5.41) is 10.9. The Balaban J connectivity index is 1.51. The molecule has 0 bridgehead atoms. The highest BCUT2D eigenvalue weighted by molar-refractivity contribution is 5.89. The summed E-state index contributed by atoms with van der Waals surface area (Å²) >= 11 is 0. The molecule has 0 amide bonds. The first-order chi connectivity index (χ1) is 16.6. The Morgan fingerprint density at radius 3 is 2.50 bits per heavy atom. The highest BCUT2D eigenvalue weighted by Crippen LogP contribution is 2.26. The molecule has 0 aromatic heterocycles. The van der Waals surface area contributed by atoms with E-state index in [0.29, 0.717) is 12.1 Å². The number of ether oxygens (including phenoxy) is 2. The molecule has 3 aromatic carbocycles. The number of nitrogens with zero attached hydrogens (tertiary/aromatic N) is 1. The van der Waals surface area contributed by atoms with E-state index < -0.39 is 6.10 Å². The molecule has 0 radical (unpaired) electrons. The first kappa shape index (κ1) is 24.0. The molecule has 1 unspecified atom stereocenters. The topological polar surface area (TPSA) is 59.0 Å². The van der Waals surface area contributed by atoms with E-state index >= 15 is 0 Å². The van der Waals surface area contributed by atoms with E-state index in [0.717, 1.165) is 38.0 Å². The van der Waals surface area contributed by atoms with E-state index in [1.54, 1.807) is 0 Å². The predicted molar refractivity (Wildman–Crippen MR) is 133 cm³/mol. The molecule has 1 N–H and O–H groups in total. The van der Waals surface area contributed by atoms with Crippen LogP contribution in [0.5, 0.6) is 5.75 Å². The first-order valence-electron chi connectivity index (χ1n) is 12.0. The highest BCUT2D eigenvalue weighted by Gasteiger charge is 2.26. The maximum Gasteiger partial charge on any atom is 0.337 e. The minimum Gasteiger partial charge on any atom is -0.491 e. The van der Waals surface area contributed by atoms with Crippen LogP contribution < -0.4 is 4.74 Å². The smallest absolute Gasteiger partial charge is 0.337 e. The van der Waals surface area contributed by atoms with Crippen molar-refractivity contribution in [2.75, 3.05) is 20.3 Å². The molecule has 3 aromatic rings. The van der Waals surface area contributed by atoms with Crippen molar-refractivity contribution < 1.29 is 19.4 Å². The van der Waals surface area contributed by atoms with Crippen molar-refractivity contribution in [2.45, 2.75) is 44.4 Å². The number of hydrogen-bond donors (Lipinski definition) is 1. The van der Waals surface area contributed by atoms with Gasteiger partial charge < -0.3 is 14.6 Å². The third-order valence-corrected chi connectivity index (χ3v) is 6.44. The SMILES string of the molecule is COC(=O)c1ccc2c(c1)CC(N(Cc1ccccc1)C[C@H](O)COc1ccccc1)CCC2. The predicted octanol–water partition coefficient (Wildman–Crippen LogP) is 4.66. The average Bonchev–Trinajstić information content (AvgIpc) is 3.10. The van der Waals surface area contributed by atoms with Gasteiger partial charge in [0.15, 0.2) is 0 Å². The van der Waals surface area contributed by atoms with Crippen LogP contribution in [0.4, 0.5) is 0 Å². The molecule has 0 saturated carbocycles. The van der Waals surface area contributed by atoms with E-state index in [4.69, 9.17) is 9.47 Å².